The number of fused-ring (bicyclic) bond motifs is 3. The first kappa shape index (κ1) is 15.7. The Hall–Kier alpha value is -2.56. The highest BCUT2D eigenvalue weighted by Gasteiger charge is 2.21. The Morgan fingerprint density at radius 1 is 1.12 bits per heavy atom. The van der Waals surface area contributed by atoms with Gasteiger partial charge in [0.25, 0.3) is 5.91 Å². The first-order valence-electron chi connectivity index (χ1n) is 9.78. The van der Waals surface area contributed by atoms with Crippen molar-refractivity contribution in [3.63, 3.8) is 0 Å². The summed E-state index contributed by atoms with van der Waals surface area (Å²) in [5.74, 6) is 0.746. The highest BCUT2D eigenvalue weighted by Crippen LogP contribution is 2.32. The number of H-pyrrole nitrogens is 1. The van der Waals surface area contributed by atoms with Crippen LogP contribution < -0.4 is 5.32 Å². The first-order valence-corrected chi connectivity index (χ1v) is 9.78. The first-order chi connectivity index (χ1) is 12.8. The number of nitrogens with zero attached hydrogens (tertiary/aromatic N) is 2. The molecule has 2 aliphatic carbocycles. The SMILES string of the molecule is O=C(Nc1ccnn1C1CCCC1)c1ccc2[nH]c3c(c2c1)CCCC3. The van der Waals surface area contributed by atoms with Crippen LogP contribution in [0.1, 0.15) is 66.2 Å². The van der Waals surface area contributed by atoms with Gasteiger partial charge in [-0.25, -0.2) is 4.68 Å². The van der Waals surface area contributed by atoms with E-state index >= 15 is 0 Å². The zero-order chi connectivity index (χ0) is 17.5. The van der Waals surface area contributed by atoms with E-state index in [4.69, 9.17) is 0 Å². The lowest BCUT2D eigenvalue weighted by Crippen LogP contribution is -2.17. The molecule has 2 N–H and O–H groups in total. The standard InChI is InChI=1S/C21H24N4O/c26-21(24-20-11-12-22-25(20)15-5-1-2-6-15)14-9-10-19-17(13-14)16-7-3-4-8-18(16)23-19/h9-13,15,23H,1-8H2,(H,24,26). The minimum absolute atomic E-state index is 0.0580. The lowest BCUT2D eigenvalue weighted by molar-refractivity contribution is 0.102. The van der Waals surface area contributed by atoms with Crippen molar-refractivity contribution in [1.29, 1.82) is 0 Å². The van der Waals surface area contributed by atoms with Crippen molar-refractivity contribution in [2.24, 2.45) is 0 Å². The minimum atomic E-state index is -0.0580. The summed E-state index contributed by atoms with van der Waals surface area (Å²) in [6, 6.07) is 8.31. The fraction of sp³-hybridized carbons (Fsp3) is 0.429. The van der Waals surface area contributed by atoms with Gasteiger partial charge >= 0.3 is 0 Å². The fourth-order valence-electron chi connectivity index (χ4n) is 4.59. The second kappa shape index (κ2) is 6.31. The van der Waals surface area contributed by atoms with E-state index in [-0.39, 0.29) is 5.91 Å². The molecular weight excluding hydrogens is 324 g/mol. The molecule has 134 valence electrons. The number of hydrogen-bond donors (Lipinski definition) is 2. The van der Waals surface area contributed by atoms with Crippen LogP contribution >= 0.6 is 0 Å². The number of rotatable bonds is 3. The third-order valence-electron chi connectivity index (χ3n) is 5.94. The molecule has 0 radical (unpaired) electrons. The summed E-state index contributed by atoms with van der Waals surface area (Å²) in [6.45, 7) is 0. The summed E-state index contributed by atoms with van der Waals surface area (Å²) in [4.78, 5) is 16.4. The van der Waals surface area contributed by atoms with Crippen molar-refractivity contribution in [2.75, 3.05) is 5.32 Å². The second-order valence-electron chi connectivity index (χ2n) is 7.60. The molecule has 5 heteroatoms. The van der Waals surface area contributed by atoms with E-state index in [2.05, 4.69) is 15.4 Å². The maximum atomic E-state index is 12.9. The van der Waals surface area contributed by atoms with E-state index in [1.54, 1.807) is 6.20 Å². The molecule has 1 aromatic carbocycles. The molecule has 5 nitrogen and oxygen atoms in total. The van der Waals surface area contributed by atoms with Gasteiger partial charge in [-0.1, -0.05) is 12.8 Å². The topological polar surface area (TPSA) is 62.7 Å². The Bertz CT molecular complexity index is 962. The summed E-state index contributed by atoms with van der Waals surface area (Å²) in [7, 11) is 0. The lowest BCUT2D eigenvalue weighted by atomic mass is 9.95. The number of carbonyl (C=O) groups excluding carboxylic acids is 1. The molecule has 5 rings (SSSR count). The zero-order valence-corrected chi connectivity index (χ0v) is 14.9. The Kier molecular flexibility index (Phi) is 3.80. The van der Waals surface area contributed by atoms with Crippen LogP contribution in [-0.2, 0) is 12.8 Å². The lowest BCUT2D eigenvalue weighted by Gasteiger charge is -2.14. The van der Waals surface area contributed by atoms with E-state index in [1.807, 2.05) is 28.9 Å². The highest BCUT2D eigenvalue weighted by atomic mass is 16.1. The van der Waals surface area contributed by atoms with Crippen LogP contribution in [0.15, 0.2) is 30.5 Å². The van der Waals surface area contributed by atoms with Gasteiger partial charge in [0, 0.05) is 28.2 Å². The quantitative estimate of drug-likeness (QED) is 0.726. The average Bonchev–Trinajstić information content (AvgIpc) is 3.40. The summed E-state index contributed by atoms with van der Waals surface area (Å²) >= 11 is 0. The predicted molar refractivity (Wildman–Crippen MR) is 103 cm³/mol. The minimum Gasteiger partial charge on any atom is -0.358 e. The van der Waals surface area contributed by atoms with Crippen LogP contribution in [0.2, 0.25) is 0 Å². The Balaban J connectivity index is 1.43. The Morgan fingerprint density at radius 3 is 2.85 bits per heavy atom. The van der Waals surface area contributed by atoms with Gasteiger partial charge in [-0.05, 0) is 62.3 Å². The molecule has 0 unspecified atom stereocenters. The van der Waals surface area contributed by atoms with Crippen LogP contribution in [-0.4, -0.2) is 20.7 Å². The Labute approximate surface area is 152 Å². The van der Waals surface area contributed by atoms with Crippen LogP contribution in [0.3, 0.4) is 0 Å². The van der Waals surface area contributed by atoms with Crippen molar-refractivity contribution < 1.29 is 4.79 Å². The van der Waals surface area contributed by atoms with Crippen LogP contribution in [0.25, 0.3) is 10.9 Å². The smallest absolute Gasteiger partial charge is 0.256 e. The molecule has 3 aromatic rings. The van der Waals surface area contributed by atoms with Gasteiger partial charge in [0.15, 0.2) is 0 Å². The van der Waals surface area contributed by atoms with Crippen LogP contribution in [0, 0.1) is 0 Å². The molecule has 2 aliphatic rings. The third kappa shape index (κ3) is 2.62. The largest absolute Gasteiger partial charge is 0.358 e. The van der Waals surface area contributed by atoms with Crippen molar-refractivity contribution in [1.82, 2.24) is 14.8 Å². The molecule has 26 heavy (non-hydrogen) atoms. The number of aromatic amines is 1. The van der Waals surface area contributed by atoms with Gasteiger partial charge < -0.3 is 10.3 Å². The Morgan fingerprint density at radius 2 is 1.96 bits per heavy atom. The van der Waals surface area contributed by atoms with Crippen molar-refractivity contribution in [3.8, 4) is 0 Å². The fourth-order valence-corrected chi connectivity index (χ4v) is 4.59. The van der Waals surface area contributed by atoms with E-state index in [0.717, 1.165) is 37.0 Å². The number of hydrogen-bond acceptors (Lipinski definition) is 2. The van der Waals surface area contributed by atoms with Crippen molar-refractivity contribution in [2.45, 2.75) is 57.4 Å². The van der Waals surface area contributed by atoms with E-state index in [1.165, 1.54) is 42.3 Å². The maximum absolute atomic E-state index is 12.9. The molecule has 2 heterocycles. The van der Waals surface area contributed by atoms with Gasteiger partial charge in [0.1, 0.15) is 5.82 Å². The summed E-state index contributed by atoms with van der Waals surface area (Å²) < 4.78 is 1.99. The normalized spacial score (nSPS) is 17.5. The molecule has 1 amide bonds. The molecule has 1 fully saturated rings. The van der Waals surface area contributed by atoms with Crippen molar-refractivity contribution >= 4 is 22.6 Å². The number of nitrogens with one attached hydrogen (secondary N) is 2. The van der Waals surface area contributed by atoms with Gasteiger partial charge in [-0.3, -0.25) is 4.79 Å². The van der Waals surface area contributed by atoms with Crippen molar-refractivity contribution in [3.05, 3.63) is 47.3 Å². The number of carbonyl (C=O) groups is 1. The van der Waals surface area contributed by atoms with Crippen LogP contribution in [0.5, 0.6) is 0 Å². The molecule has 0 aliphatic heterocycles. The summed E-state index contributed by atoms with van der Waals surface area (Å²) in [6.07, 6.45) is 11.3. The highest BCUT2D eigenvalue weighted by molar-refractivity contribution is 6.06. The molecular formula is C21H24N4O. The van der Waals surface area contributed by atoms with E-state index in [9.17, 15) is 4.79 Å². The molecule has 0 atom stereocenters. The van der Waals surface area contributed by atoms with Gasteiger partial charge in [-0.15, -0.1) is 0 Å². The second-order valence-corrected chi connectivity index (χ2v) is 7.60. The molecule has 0 spiro atoms. The number of anilines is 1. The maximum Gasteiger partial charge on any atom is 0.256 e. The average molecular weight is 348 g/mol. The van der Waals surface area contributed by atoms with E-state index < -0.39 is 0 Å². The van der Waals surface area contributed by atoms with Gasteiger partial charge in [0.05, 0.1) is 12.2 Å². The zero-order valence-electron chi connectivity index (χ0n) is 14.9. The number of aromatic nitrogens is 3. The van der Waals surface area contributed by atoms with Gasteiger partial charge in [-0.2, -0.15) is 5.10 Å². The molecule has 0 bridgehead atoms. The summed E-state index contributed by atoms with van der Waals surface area (Å²) in [5, 5.41) is 8.72. The monoisotopic (exact) mass is 348 g/mol. The number of aryl methyl sites for hydroxylation is 2. The molecule has 1 saturated carbocycles. The predicted octanol–water partition coefficient (Wildman–Crippen LogP) is 4.61. The molecule has 2 aromatic heterocycles. The number of amides is 1. The summed E-state index contributed by atoms with van der Waals surface area (Å²) in [5.41, 5.74) is 4.61. The van der Waals surface area contributed by atoms with E-state index in [0.29, 0.717) is 11.6 Å². The van der Waals surface area contributed by atoms with Crippen LogP contribution in [0.4, 0.5) is 5.82 Å². The number of benzene rings is 1. The third-order valence-corrected chi connectivity index (χ3v) is 5.94. The van der Waals surface area contributed by atoms with Gasteiger partial charge in [0.2, 0.25) is 0 Å². The molecule has 0 saturated heterocycles.